The fourth-order valence-electron chi connectivity index (χ4n) is 4.75. The highest BCUT2D eigenvalue weighted by Crippen LogP contribution is 2.69. The highest BCUT2D eigenvalue weighted by atomic mass is 32.2. The van der Waals surface area contributed by atoms with Crippen LogP contribution in [0.2, 0.25) is 0 Å². The Morgan fingerprint density at radius 1 is 0.885 bits per heavy atom. The molecule has 26 heavy (non-hydrogen) atoms. The zero-order chi connectivity index (χ0) is 17.7. The van der Waals surface area contributed by atoms with Crippen molar-refractivity contribution >= 4 is 11.8 Å². The van der Waals surface area contributed by atoms with Gasteiger partial charge in [-0.3, -0.25) is 4.98 Å². The monoisotopic (exact) mass is 357 g/mol. The van der Waals surface area contributed by atoms with Gasteiger partial charge in [-0.15, -0.1) is 11.8 Å². The average Bonchev–Trinajstić information content (AvgIpc) is 2.68. The number of thioether (sulfide) groups is 1. The minimum atomic E-state index is 0.370. The van der Waals surface area contributed by atoms with Gasteiger partial charge >= 0.3 is 0 Å². The summed E-state index contributed by atoms with van der Waals surface area (Å²) in [5.41, 5.74) is 5.47. The summed E-state index contributed by atoms with van der Waals surface area (Å²) in [7, 11) is 0. The molecular formula is C24H23NS. The first-order valence-electron chi connectivity index (χ1n) is 9.42. The lowest BCUT2D eigenvalue weighted by atomic mass is 9.48. The summed E-state index contributed by atoms with van der Waals surface area (Å²) in [5.74, 6) is 1.36. The van der Waals surface area contributed by atoms with E-state index in [1.165, 1.54) is 28.1 Å². The maximum Gasteiger partial charge on any atom is 0.0706 e. The second-order valence-corrected chi connectivity index (χ2v) is 9.32. The quantitative estimate of drug-likeness (QED) is 0.516. The van der Waals surface area contributed by atoms with Crippen molar-refractivity contribution < 1.29 is 0 Å². The summed E-state index contributed by atoms with van der Waals surface area (Å²) in [6.07, 6.45) is 1.30. The van der Waals surface area contributed by atoms with Gasteiger partial charge in [0.1, 0.15) is 0 Å². The maximum atomic E-state index is 5.19. The average molecular weight is 358 g/mol. The van der Waals surface area contributed by atoms with Gasteiger partial charge in [-0.2, -0.15) is 0 Å². The van der Waals surface area contributed by atoms with Crippen LogP contribution in [0.15, 0.2) is 77.7 Å². The van der Waals surface area contributed by atoms with E-state index in [-0.39, 0.29) is 0 Å². The normalized spacial score (nSPS) is 25.2. The predicted octanol–water partition coefficient (Wildman–Crippen LogP) is 6.73. The Bertz CT molecular complexity index is 933. The Balaban J connectivity index is 1.60. The van der Waals surface area contributed by atoms with Crippen LogP contribution in [0.4, 0.5) is 0 Å². The van der Waals surface area contributed by atoms with E-state index in [9.17, 15) is 0 Å². The standard InChI is InChI=1S/C24H23NS/c1-24(2)19-15-20(24)23(26-17-11-7-4-8-12-17)22-18(19)13-14-21(25-22)16-9-5-3-6-10-16/h3-14,19-20,23H,15H2,1-2H3/t19-,20-,23+/m0/s1. The van der Waals surface area contributed by atoms with Crippen molar-refractivity contribution in [2.75, 3.05) is 0 Å². The van der Waals surface area contributed by atoms with Crippen LogP contribution in [0.25, 0.3) is 11.3 Å². The Labute approximate surface area is 159 Å². The molecule has 0 aliphatic heterocycles. The van der Waals surface area contributed by atoms with Crippen LogP contribution in [0.5, 0.6) is 0 Å². The molecule has 2 bridgehead atoms. The van der Waals surface area contributed by atoms with Gasteiger partial charge in [0.25, 0.3) is 0 Å². The molecule has 3 aromatic rings. The van der Waals surface area contributed by atoms with Crippen molar-refractivity contribution in [3.05, 3.63) is 84.1 Å². The van der Waals surface area contributed by atoms with Gasteiger partial charge in [0.15, 0.2) is 0 Å². The van der Waals surface area contributed by atoms with E-state index in [2.05, 4.69) is 86.6 Å². The molecule has 2 heteroatoms. The van der Waals surface area contributed by atoms with Crippen LogP contribution in [0.1, 0.15) is 42.7 Å². The number of nitrogens with zero attached hydrogens (tertiary/aromatic N) is 1. The van der Waals surface area contributed by atoms with Gasteiger partial charge in [0, 0.05) is 10.5 Å². The van der Waals surface area contributed by atoms with Crippen LogP contribution in [0, 0.1) is 11.3 Å². The predicted molar refractivity (Wildman–Crippen MR) is 109 cm³/mol. The molecular weight excluding hydrogens is 334 g/mol. The zero-order valence-electron chi connectivity index (χ0n) is 15.2. The van der Waals surface area contributed by atoms with Crippen molar-refractivity contribution in [1.82, 2.24) is 4.98 Å². The molecule has 6 rings (SSSR count). The second-order valence-electron chi connectivity index (χ2n) is 8.10. The maximum absolute atomic E-state index is 5.19. The second kappa shape index (κ2) is 5.99. The van der Waals surface area contributed by atoms with Crippen molar-refractivity contribution in [1.29, 1.82) is 0 Å². The van der Waals surface area contributed by atoms with E-state index in [4.69, 9.17) is 4.98 Å². The summed E-state index contributed by atoms with van der Waals surface area (Å²) < 4.78 is 0. The highest BCUT2D eigenvalue weighted by Gasteiger charge is 2.57. The van der Waals surface area contributed by atoms with Crippen LogP contribution in [0.3, 0.4) is 0 Å². The molecule has 3 aliphatic rings. The lowest BCUT2D eigenvalue weighted by Gasteiger charge is -2.59. The molecule has 3 atom stereocenters. The molecule has 130 valence electrons. The fourth-order valence-corrected chi connectivity index (χ4v) is 6.29. The molecule has 2 aromatic carbocycles. The topological polar surface area (TPSA) is 12.9 Å². The van der Waals surface area contributed by atoms with Gasteiger partial charge < -0.3 is 0 Å². The van der Waals surface area contributed by atoms with E-state index < -0.39 is 0 Å². The third-order valence-electron chi connectivity index (χ3n) is 6.39. The molecule has 0 spiro atoms. The van der Waals surface area contributed by atoms with Crippen LogP contribution in [-0.2, 0) is 0 Å². The van der Waals surface area contributed by atoms with E-state index in [1.807, 2.05) is 11.8 Å². The lowest BCUT2D eigenvalue weighted by Crippen LogP contribution is -2.49. The molecule has 1 heterocycles. The molecule has 0 N–H and O–H groups in total. The number of aromatic nitrogens is 1. The van der Waals surface area contributed by atoms with Gasteiger partial charge in [0.2, 0.25) is 0 Å². The number of hydrogen-bond acceptors (Lipinski definition) is 2. The smallest absolute Gasteiger partial charge is 0.0706 e. The Kier molecular flexibility index (Phi) is 3.72. The van der Waals surface area contributed by atoms with E-state index in [1.54, 1.807) is 0 Å². The number of pyridine rings is 1. The van der Waals surface area contributed by atoms with Crippen molar-refractivity contribution in [2.24, 2.45) is 11.3 Å². The van der Waals surface area contributed by atoms with E-state index >= 15 is 0 Å². The zero-order valence-corrected chi connectivity index (χ0v) is 16.0. The van der Waals surface area contributed by atoms with Crippen molar-refractivity contribution in [3.8, 4) is 11.3 Å². The van der Waals surface area contributed by atoms with E-state index in [0.717, 1.165) is 5.69 Å². The first-order chi connectivity index (χ1) is 12.6. The minimum absolute atomic E-state index is 0.370. The summed E-state index contributed by atoms with van der Waals surface area (Å²) in [4.78, 5) is 6.53. The lowest BCUT2D eigenvalue weighted by molar-refractivity contribution is 0.0144. The van der Waals surface area contributed by atoms with Gasteiger partial charge in [-0.25, -0.2) is 0 Å². The molecule has 0 unspecified atom stereocenters. The van der Waals surface area contributed by atoms with Gasteiger partial charge in [0.05, 0.1) is 16.6 Å². The Hall–Kier alpha value is -2.06. The molecule has 0 amide bonds. The molecule has 1 fully saturated rings. The van der Waals surface area contributed by atoms with Crippen LogP contribution >= 0.6 is 11.8 Å². The first-order valence-corrected chi connectivity index (χ1v) is 10.3. The Morgan fingerprint density at radius 3 is 2.27 bits per heavy atom. The van der Waals surface area contributed by atoms with Crippen molar-refractivity contribution in [2.45, 2.75) is 36.3 Å². The van der Waals surface area contributed by atoms with Gasteiger partial charge in [-0.05, 0) is 47.4 Å². The fraction of sp³-hybridized carbons (Fsp3) is 0.292. The third-order valence-corrected chi connectivity index (χ3v) is 7.74. The highest BCUT2D eigenvalue weighted by molar-refractivity contribution is 7.99. The van der Waals surface area contributed by atoms with E-state index in [0.29, 0.717) is 22.5 Å². The summed E-state index contributed by atoms with van der Waals surface area (Å²) >= 11 is 2.00. The van der Waals surface area contributed by atoms with Crippen molar-refractivity contribution in [3.63, 3.8) is 0 Å². The summed E-state index contributed by atoms with van der Waals surface area (Å²) in [6, 6.07) is 25.9. The summed E-state index contributed by atoms with van der Waals surface area (Å²) in [5, 5.41) is 0.441. The van der Waals surface area contributed by atoms with Crippen LogP contribution in [-0.4, -0.2) is 4.98 Å². The Morgan fingerprint density at radius 2 is 1.58 bits per heavy atom. The summed E-state index contributed by atoms with van der Waals surface area (Å²) in [6.45, 7) is 4.89. The third kappa shape index (κ3) is 2.43. The molecule has 0 saturated heterocycles. The molecule has 1 nitrogen and oxygen atoms in total. The SMILES string of the molecule is CC1(C)[C@H]2C[C@H]1[C@@H](Sc1ccccc1)c1nc(-c3ccccc3)ccc12. The number of hydrogen-bond donors (Lipinski definition) is 0. The van der Waals surface area contributed by atoms with Gasteiger partial charge in [-0.1, -0.05) is 68.4 Å². The molecule has 0 radical (unpaired) electrons. The number of benzene rings is 2. The largest absolute Gasteiger partial charge is 0.251 e. The molecule has 1 aromatic heterocycles. The number of rotatable bonds is 3. The molecule has 1 saturated carbocycles. The van der Waals surface area contributed by atoms with Crippen LogP contribution < -0.4 is 0 Å². The first kappa shape index (κ1) is 16.1. The minimum Gasteiger partial charge on any atom is -0.251 e. The molecule has 3 aliphatic carbocycles.